The topological polar surface area (TPSA) is 38.7 Å². The van der Waals surface area contributed by atoms with Gasteiger partial charge in [-0.25, -0.2) is 15.0 Å². The average Bonchev–Trinajstić information content (AvgIpc) is 3.62. The van der Waals surface area contributed by atoms with E-state index >= 15 is 0 Å². The SMILES string of the molecule is C[Si](C)(C)c1ccc(-c2nc(-c3ccc([Si](C)(C)C)cc3)nc(-c3cccc(-c4cccc(-c5ccc6c(c5)C(c5ccccc5)(c5ccccc5)c5ccccc5-6)c4)c3)n2)cc1. The van der Waals surface area contributed by atoms with Gasteiger partial charge in [-0.2, -0.15) is 0 Å². The second kappa shape index (κ2) is 15.8. The first-order valence-electron chi connectivity index (χ1n) is 22.0. The third-order valence-corrected chi connectivity index (χ3v) is 16.9. The van der Waals surface area contributed by atoms with Gasteiger partial charge in [0.05, 0.1) is 21.6 Å². The molecule has 1 heterocycles. The molecular formula is C58H51N3Si2. The minimum absolute atomic E-state index is 0.453. The number of hydrogen-bond donors (Lipinski definition) is 0. The van der Waals surface area contributed by atoms with Crippen molar-refractivity contribution in [2.45, 2.75) is 44.7 Å². The Labute approximate surface area is 374 Å². The van der Waals surface area contributed by atoms with Gasteiger partial charge >= 0.3 is 0 Å². The third kappa shape index (κ3) is 7.41. The molecule has 3 nitrogen and oxygen atoms in total. The van der Waals surface area contributed by atoms with Crippen LogP contribution in [-0.2, 0) is 5.41 Å². The standard InChI is InChI=1S/C58H51N3Si2/c1-62(2,3)49-32-27-40(28-33-49)55-59-56(41-29-34-50(35-30-41)63(4,5)6)61-57(60-55)46-20-16-19-44(38-46)42-17-15-18-43(37-42)45-31-36-52-51-25-13-14-26-53(51)58(54(52)39-45,47-21-9-7-10-22-47)48-23-11-8-12-24-48/h7-39H,1-6H3. The molecule has 0 bridgehead atoms. The van der Waals surface area contributed by atoms with Gasteiger partial charge in [0.25, 0.3) is 0 Å². The van der Waals surface area contributed by atoms with Crippen LogP contribution in [0.1, 0.15) is 22.3 Å². The van der Waals surface area contributed by atoms with Crippen molar-refractivity contribution >= 4 is 26.5 Å². The molecule has 8 aromatic carbocycles. The highest BCUT2D eigenvalue weighted by atomic mass is 28.3. The number of rotatable bonds is 9. The first kappa shape index (κ1) is 40.3. The van der Waals surface area contributed by atoms with Crippen LogP contribution < -0.4 is 10.4 Å². The smallest absolute Gasteiger partial charge is 0.164 e. The van der Waals surface area contributed by atoms with E-state index in [0.29, 0.717) is 17.5 Å². The highest BCUT2D eigenvalue weighted by Crippen LogP contribution is 2.56. The van der Waals surface area contributed by atoms with Gasteiger partial charge in [0.1, 0.15) is 0 Å². The molecule has 0 fully saturated rings. The Kier molecular flexibility index (Phi) is 10.1. The minimum Gasteiger partial charge on any atom is -0.208 e. The molecule has 0 unspecified atom stereocenters. The molecule has 0 amide bonds. The molecule has 9 aromatic rings. The van der Waals surface area contributed by atoms with Gasteiger partial charge in [-0.15, -0.1) is 0 Å². The van der Waals surface area contributed by atoms with Crippen LogP contribution in [-0.4, -0.2) is 31.1 Å². The van der Waals surface area contributed by atoms with Gasteiger partial charge in [0, 0.05) is 16.7 Å². The van der Waals surface area contributed by atoms with Crippen molar-refractivity contribution < 1.29 is 0 Å². The van der Waals surface area contributed by atoms with Crippen molar-refractivity contribution in [3.05, 3.63) is 222 Å². The molecule has 0 saturated heterocycles. The normalized spacial score (nSPS) is 13.0. The lowest BCUT2D eigenvalue weighted by atomic mass is 9.67. The van der Waals surface area contributed by atoms with Crippen LogP contribution in [0.25, 0.3) is 67.5 Å². The van der Waals surface area contributed by atoms with Crippen LogP contribution in [0.5, 0.6) is 0 Å². The summed E-state index contributed by atoms with van der Waals surface area (Å²) in [6.45, 7) is 14.3. The van der Waals surface area contributed by atoms with Crippen LogP contribution in [0.3, 0.4) is 0 Å². The summed E-state index contributed by atoms with van der Waals surface area (Å²) < 4.78 is 0. The highest BCUT2D eigenvalue weighted by Gasteiger charge is 2.46. The van der Waals surface area contributed by atoms with E-state index in [0.717, 1.165) is 27.8 Å². The van der Waals surface area contributed by atoms with Crippen molar-refractivity contribution in [2.24, 2.45) is 0 Å². The predicted octanol–water partition coefficient (Wildman–Crippen LogP) is 13.7. The number of fused-ring (bicyclic) bond motifs is 3. The fourth-order valence-corrected chi connectivity index (χ4v) is 11.7. The van der Waals surface area contributed by atoms with Crippen LogP contribution in [0.2, 0.25) is 39.3 Å². The average molecular weight is 846 g/mol. The lowest BCUT2D eigenvalue weighted by molar-refractivity contribution is 0.769. The van der Waals surface area contributed by atoms with Crippen molar-refractivity contribution in [1.82, 2.24) is 15.0 Å². The summed E-state index contributed by atoms with van der Waals surface area (Å²) in [5.41, 5.74) is 14.8. The number of benzene rings is 8. The van der Waals surface area contributed by atoms with E-state index in [2.05, 4.69) is 239 Å². The Morgan fingerprint density at radius 2 is 0.683 bits per heavy atom. The Morgan fingerprint density at radius 1 is 0.302 bits per heavy atom. The molecule has 5 heteroatoms. The lowest BCUT2D eigenvalue weighted by Gasteiger charge is -2.34. The van der Waals surface area contributed by atoms with Crippen LogP contribution >= 0.6 is 0 Å². The van der Waals surface area contributed by atoms with Crippen LogP contribution in [0.15, 0.2) is 200 Å². The van der Waals surface area contributed by atoms with E-state index in [1.165, 1.54) is 54.9 Å². The highest BCUT2D eigenvalue weighted by molar-refractivity contribution is 6.89. The lowest BCUT2D eigenvalue weighted by Crippen LogP contribution is -2.37. The third-order valence-electron chi connectivity index (χ3n) is 12.8. The van der Waals surface area contributed by atoms with Crippen molar-refractivity contribution in [2.75, 3.05) is 0 Å². The zero-order valence-electron chi connectivity index (χ0n) is 36.9. The van der Waals surface area contributed by atoms with Gasteiger partial charge in [-0.3, -0.25) is 0 Å². The van der Waals surface area contributed by atoms with Crippen molar-refractivity contribution in [3.63, 3.8) is 0 Å². The summed E-state index contributed by atoms with van der Waals surface area (Å²) in [6.07, 6.45) is 0. The Morgan fingerprint density at radius 3 is 1.17 bits per heavy atom. The quantitative estimate of drug-likeness (QED) is 0.136. The first-order chi connectivity index (χ1) is 30.5. The fourth-order valence-electron chi connectivity index (χ4n) is 9.34. The Bertz CT molecular complexity index is 2990. The molecule has 1 aliphatic carbocycles. The Balaban J connectivity index is 1.06. The zero-order chi connectivity index (χ0) is 43.3. The maximum atomic E-state index is 5.16. The van der Waals surface area contributed by atoms with E-state index in [4.69, 9.17) is 15.0 Å². The molecule has 0 aliphatic heterocycles. The molecule has 0 saturated carbocycles. The Hall–Kier alpha value is -6.80. The van der Waals surface area contributed by atoms with Crippen molar-refractivity contribution in [3.8, 4) is 67.5 Å². The van der Waals surface area contributed by atoms with E-state index in [1.54, 1.807) is 0 Å². The number of aromatic nitrogens is 3. The van der Waals surface area contributed by atoms with E-state index in [9.17, 15) is 0 Å². The second-order valence-electron chi connectivity index (χ2n) is 18.9. The summed E-state index contributed by atoms with van der Waals surface area (Å²) in [4.78, 5) is 15.4. The maximum Gasteiger partial charge on any atom is 0.164 e. The summed E-state index contributed by atoms with van der Waals surface area (Å²) >= 11 is 0. The molecule has 0 N–H and O–H groups in total. The molecule has 306 valence electrons. The fraction of sp³-hybridized carbons (Fsp3) is 0.121. The van der Waals surface area contributed by atoms with Crippen LogP contribution in [0.4, 0.5) is 0 Å². The first-order valence-corrected chi connectivity index (χ1v) is 29.0. The summed E-state index contributed by atoms with van der Waals surface area (Å²) in [6, 6.07) is 73.3. The van der Waals surface area contributed by atoms with E-state index in [1.807, 2.05) is 0 Å². The minimum atomic E-state index is -1.47. The van der Waals surface area contributed by atoms with E-state index in [-0.39, 0.29) is 0 Å². The van der Waals surface area contributed by atoms with Gasteiger partial charge in [0.2, 0.25) is 0 Å². The van der Waals surface area contributed by atoms with Gasteiger partial charge in [-0.05, 0) is 73.8 Å². The number of nitrogens with zero attached hydrogens (tertiary/aromatic N) is 3. The van der Waals surface area contributed by atoms with Gasteiger partial charge < -0.3 is 0 Å². The molecule has 63 heavy (non-hydrogen) atoms. The molecule has 1 aliphatic rings. The largest absolute Gasteiger partial charge is 0.208 e. The monoisotopic (exact) mass is 845 g/mol. The number of hydrogen-bond acceptors (Lipinski definition) is 3. The molecule has 0 radical (unpaired) electrons. The summed E-state index contributed by atoms with van der Waals surface area (Å²) in [7, 11) is -2.95. The molecule has 1 aromatic heterocycles. The molecule has 0 spiro atoms. The van der Waals surface area contributed by atoms with E-state index < -0.39 is 21.6 Å². The van der Waals surface area contributed by atoms with Crippen LogP contribution in [0, 0.1) is 0 Å². The van der Waals surface area contributed by atoms with Gasteiger partial charge in [-0.1, -0.05) is 232 Å². The maximum absolute atomic E-state index is 5.16. The summed E-state index contributed by atoms with van der Waals surface area (Å²) in [5, 5.41) is 2.82. The zero-order valence-corrected chi connectivity index (χ0v) is 38.9. The predicted molar refractivity (Wildman–Crippen MR) is 270 cm³/mol. The summed E-state index contributed by atoms with van der Waals surface area (Å²) in [5.74, 6) is 2.02. The molecule has 10 rings (SSSR count). The molecule has 0 atom stereocenters. The molecular weight excluding hydrogens is 795 g/mol. The second-order valence-corrected chi connectivity index (χ2v) is 29.1. The van der Waals surface area contributed by atoms with Gasteiger partial charge in [0.15, 0.2) is 17.5 Å². The van der Waals surface area contributed by atoms with Crippen molar-refractivity contribution in [1.29, 1.82) is 0 Å².